The van der Waals surface area contributed by atoms with Crippen LogP contribution in [0.2, 0.25) is 0 Å². The number of halogens is 1. The van der Waals surface area contributed by atoms with Gasteiger partial charge in [-0.15, -0.1) is 6.58 Å². The maximum Gasteiger partial charge on any atom is 0.138 e. The summed E-state index contributed by atoms with van der Waals surface area (Å²) in [6.07, 6.45) is 3.93. The molecule has 0 spiro atoms. The van der Waals surface area contributed by atoms with E-state index in [1.54, 1.807) is 0 Å². The van der Waals surface area contributed by atoms with Crippen LogP contribution >= 0.6 is 0 Å². The number of allylic oxidation sites excluding steroid dienone is 1. The molecule has 0 N–H and O–H groups in total. The molecule has 0 aliphatic carbocycles. The molecule has 0 aliphatic rings. The maximum absolute atomic E-state index is 15.2. The van der Waals surface area contributed by atoms with E-state index in [2.05, 4.69) is 36.9 Å². The number of hydrogen-bond acceptors (Lipinski definition) is 0. The highest BCUT2D eigenvalue weighted by Crippen LogP contribution is 2.32. The van der Waals surface area contributed by atoms with E-state index in [0.717, 1.165) is 34.9 Å². The van der Waals surface area contributed by atoms with Crippen LogP contribution in [-0.2, 0) is 6.42 Å². The van der Waals surface area contributed by atoms with Crippen molar-refractivity contribution in [3.8, 4) is 22.3 Å². The largest absolute Gasteiger partial charge is 0.206 e. The van der Waals surface area contributed by atoms with Gasteiger partial charge in [-0.3, -0.25) is 0 Å². The Labute approximate surface area is 166 Å². The number of aryl methyl sites for hydroxylation is 2. The van der Waals surface area contributed by atoms with Gasteiger partial charge in [0, 0.05) is 10.9 Å². The molecule has 4 rings (SSSR count). The van der Waals surface area contributed by atoms with Gasteiger partial charge in [-0.2, -0.15) is 0 Å². The van der Waals surface area contributed by atoms with E-state index in [1.165, 1.54) is 11.1 Å². The SMILES string of the molecule is C=CCCc1ccc(-c2ccc3c(F)c(-c4ccc(C)cc4)ccc3c2)cc1. The summed E-state index contributed by atoms with van der Waals surface area (Å²) in [6, 6.07) is 26.4. The summed E-state index contributed by atoms with van der Waals surface area (Å²) in [5.41, 5.74) is 6.27. The highest BCUT2D eigenvalue weighted by molar-refractivity contribution is 5.91. The smallest absolute Gasteiger partial charge is 0.138 e. The second kappa shape index (κ2) is 7.82. The van der Waals surface area contributed by atoms with Gasteiger partial charge in [-0.25, -0.2) is 4.39 Å². The summed E-state index contributed by atoms with van der Waals surface area (Å²) in [7, 11) is 0. The van der Waals surface area contributed by atoms with Gasteiger partial charge in [0.05, 0.1) is 0 Å². The van der Waals surface area contributed by atoms with Crippen LogP contribution < -0.4 is 0 Å². The molecule has 0 heterocycles. The van der Waals surface area contributed by atoms with Crippen LogP contribution in [0.5, 0.6) is 0 Å². The van der Waals surface area contributed by atoms with Gasteiger partial charge in [0.25, 0.3) is 0 Å². The molecule has 0 unspecified atom stereocenters. The fourth-order valence-corrected chi connectivity index (χ4v) is 3.56. The second-order valence-electron chi connectivity index (χ2n) is 7.25. The van der Waals surface area contributed by atoms with E-state index in [9.17, 15) is 0 Å². The van der Waals surface area contributed by atoms with Crippen molar-refractivity contribution in [1.29, 1.82) is 0 Å². The van der Waals surface area contributed by atoms with E-state index in [4.69, 9.17) is 0 Å². The summed E-state index contributed by atoms with van der Waals surface area (Å²) in [4.78, 5) is 0. The number of fused-ring (bicyclic) bond motifs is 1. The summed E-state index contributed by atoms with van der Waals surface area (Å²) in [5, 5.41) is 1.58. The van der Waals surface area contributed by atoms with Gasteiger partial charge >= 0.3 is 0 Å². The van der Waals surface area contributed by atoms with Gasteiger partial charge < -0.3 is 0 Å². The van der Waals surface area contributed by atoms with E-state index in [1.807, 2.05) is 61.5 Å². The Morgan fingerprint density at radius 2 is 1.46 bits per heavy atom. The Morgan fingerprint density at radius 3 is 2.18 bits per heavy atom. The van der Waals surface area contributed by atoms with Gasteiger partial charge in [-0.05, 0) is 53.5 Å². The molecule has 0 radical (unpaired) electrons. The van der Waals surface area contributed by atoms with Gasteiger partial charge in [-0.1, -0.05) is 84.4 Å². The fraction of sp³-hybridized carbons (Fsp3) is 0.111. The molecular formula is C27H23F. The minimum Gasteiger partial charge on any atom is -0.206 e. The van der Waals surface area contributed by atoms with E-state index < -0.39 is 0 Å². The highest BCUT2D eigenvalue weighted by atomic mass is 19.1. The molecule has 0 nitrogen and oxygen atoms in total. The molecule has 0 fully saturated rings. The molecule has 4 aromatic carbocycles. The van der Waals surface area contributed by atoms with Crippen LogP contribution in [0.1, 0.15) is 17.5 Å². The van der Waals surface area contributed by atoms with Crippen LogP contribution in [0.3, 0.4) is 0 Å². The van der Waals surface area contributed by atoms with Crippen molar-refractivity contribution in [2.45, 2.75) is 19.8 Å². The lowest BCUT2D eigenvalue weighted by molar-refractivity contribution is 0.643. The molecule has 0 amide bonds. The Kier molecular flexibility index (Phi) is 5.08. The molecule has 28 heavy (non-hydrogen) atoms. The van der Waals surface area contributed by atoms with E-state index in [-0.39, 0.29) is 5.82 Å². The molecule has 0 saturated carbocycles. The van der Waals surface area contributed by atoms with Gasteiger partial charge in [0.2, 0.25) is 0 Å². The zero-order valence-corrected chi connectivity index (χ0v) is 16.1. The van der Waals surface area contributed by atoms with Crippen molar-refractivity contribution in [3.63, 3.8) is 0 Å². The predicted octanol–water partition coefficient (Wildman–Crippen LogP) is 7.74. The van der Waals surface area contributed by atoms with Gasteiger partial charge in [0.1, 0.15) is 5.82 Å². The average molecular weight is 366 g/mol. The standard InChI is InChI=1S/C27H23F/c1-3-4-5-20-8-12-21(13-9-20)23-14-16-26-24(18-23)15-17-25(27(26)28)22-10-6-19(2)7-11-22/h3,6-18H,1,4-5H2,2H3. The van der Waals surface area contributed by atoms with Crippen molar-refractivity contribution in [2.75, 3.05) is 0 Å². The third kappa shape index (κ3) is 3.61. The Bertz CT molecular complexity index is 1120. The minimum absolute atomic E-state index is 0.160. The zero-order valence-electron chi connectivity index (χ0n) is 16.1. The molecule has 0 atom stereocenters. The molecule has 138 valence electrons. The first kappa shape index (κ1) is 18.2. The van der Waals surface area contributed by atoms with Crippen LogP contribution in [0.4, 0.5) is 4.39 Å². The molecular weight excluding hydrogens is 343 g/mol. The quantitative estimate of drug-likeness (QED) is 0.317. The first-order valence-electron chi connectivity index (χ1n) is 9.65. The summed E-state index contributed by atoms with van der Waals surface area (Å²) >= 11 is 0. The highest BCUT2D eigenvalue weighted by Gasteiger charge is 2.10. The lowest BCUT2D eigenvalue weighted by Gasteiger charge is -2.10. The maximum atomic E-state index is 15.2. The summed E-state index contributed by atoms with van der Waals surface area (Å²) < 4.78 is 15.2. The number of rotatable bonds is 5. The third-order valence-corrected chi connectivity index (χ3v) is 5.24. The second-order valence-corrected chi connectivity index (χ2v) is 7.25. The van der Waals surface area contributed by atoms with Crippen molar-refractivity contribution < 1.29 is 4.39 Å². The molecule has 0 aliphatic heterocycles. The molecule has 0 bridgehead atoms. The fourth-order valence-electron chi connectivity index (χ4n) is 3.56. The first-order chi connectivity index (χ1) is 13.7. The Balaban J connectivity index is 1.69. The molecule has 4 aromatic rings. The molecule has 0 saturated heterocycles. The monoisotopic (exact) mass is 366 g/mol. The van der Waals surface area contributed by atoms with E-state index >= 15 is 4.39 Å². The van der Waals surface area contributed by atoms with Crippen molar-refractivity contribution >= 4 is 10.8 Å². The predicted molar refractivity (Wildman–Crippen MR) is 118 cm³/mol. The number of benzene rings is 4. The van der Waals surface area contributed by atoms with Crippen molar-refractivity contribution in [1.82, 2.24) is 0 Å². The van der Waals surface area contributed by atoms with Crippen molar-refractivity contribution in [2.24, 2.45) is 0 Å². The Hall–Kier alpha value is -3.19. The summed E-state index contributed by atoms with van der Waals surface area (Å²) in [6.45, 7) is 5.81. The zero-order chi connectivity index (χ0) is 19.5. The van der Waals surface area contributed by atoms with Crippen LogP contribution in [0, 0.1) is 12.7 Å². The lowest BCUT2D eigenvalue weighted by Crippen LogP contribution is -1.89. The average Bonchev–Trinajstić information content (AvgIpc) is 2.73. The third-order valence-electron chi connectivity index (χ3n) is 5.24. The minimum atomic E-state index is -0.160. The first-order valence-corrected chi connectivity index (χ1v) is 9.65. The number of hydrogen-bond donors (Lipinski definition) is 0. The Morgan fingerprint density at radius 1 is 0.786 bits per heavy atom. The topological polar surface area (TPSA) is 0 Å². The summed E-state index contributed by atoms with van der Waals surface area (Å²) in [5.74, 6) is -0.160. The van der Waals surface area contributed by atoms with Crippen LogP contribution in [0.25, 0.3) is 33.0 Å². The molecule has 0 aromatic heterocycles. The normalized spacial score (nSPS) is 10.9. The van der Waals surface area contributed by atoms with Crippen LogP contribution in [-0.4, -0.2) is 0 Å². The molecule has 1 heteroatoms. The van der Waals surface area contributed by atoms with Crippen LogP contribution in [0.15, 0.2) is 91.5 Å². The lowest BCUT2D eigenvalue weighted by atomic mass is 9.96. The van der Waals surface area contributed by atoms with E-state index in [0.29, 0.717) is 10.9 Å². The van der Waals surface area contributed by atoms with Crippen molar-refractivity contribution in [3.05, 3.63) is 108 Å². The van der Waals surface area contributed by atoms with Gasteiger partial charge in [0.15, 0.2) is 0 Å².